The van der Waals surface area contributed by atoms with Gasteiger partial charge >= 0.3 is 18.1 Å². The molecule has 22 heavy (non-hydrogen) atoms. The number of carboxylic acid groups (broad SMARTS) is 1. The zero-order chi connectivity index (χ0) is 16.3. The van der Waals surface area contributed by atoms with Gasteiger partial charge in [0.1, 0.15) is 0 Å². The quantitative estimate of drug-likeness (QED) is 0.936. The summed E-state index contributed by atoms with van der Waals surface area (Å²) in [6.07, 6.45) is -3.72. The third-order valence-electron chi connectivity index (χ3n) is 2.69. The largest absolute Gasteiger partial charge is 0.478 e. The summed E-state index contributed by atoms with van der Waals surface area (Å²) in [6, 6.07) is 4.78. The van der Waals surface area contributed by atoms with E-state index < -0.39 is 18.1 Å². The van der Waals surface area contributed by atoms with Crippen molar-refractivity contribution in [2.24, 2.45) is 0 Å². The molecule has 0 saturated heterocycles. The van der Waals surface area contributed by atoms with E-state index in [2.05, 4.69) is 4.98 Å². The van der Waals surface area contributed by atoms with Gasteiger partial charge in [-0.2, -0.15) is 13.2 Å². The van der Waals surface area contributed by atoms with Crippen LogP contribution in [0.3, 0.4) is 0 Å². The number of nitrogens with zero attached hydrogens (tertiary/aromatic N) is 2. The lowest BCUT2D eigenvalue weighted by molar-refractivity contribution is -0.170. The van der Waals surface area contributed by atoms with Crippen LogP contribution in [0.1, 0.15) is 15.2 Å². The van der Waals surface area contributed by atoms with Gasteiger partial charge in [0.2, 0.25) is 0 Å². The fourth-order valence-corrected chi connectivity index (χ4v) is 2.30. The first-order chi connectivity index (χ1) is 10.3. The molecule has 1 N–H and O–H groups in total. The molecule has 0 aliphatic heterocycles. The second kappa shape index (κ2) is 6.14. The number of alkyl halides is 3. The van der Waals surface area contributed by atoms with Crippen molar-refractivity contribution in [1.29, 1.82) is 0 Å². The van der Waals surface area contributed by atoms with E-state index in [1.165, 1.54) is 29.9 Å². The average Bonchev–Trinajstić information content (AvgIpc) is 2.96. The van der Waals surface area contributed by atoms with Crippen LogP contribution in [0, 0.1) is 0 Å². The van der Waals surface area contributed by atoms with Crippen molar-refractivity contribution < 1.29 is 27.9 Å². The molecule has 0 atom stereocenters. The lowest BCUT2D eigenvalue weighted by Gasteiger charge is -2.23. The van der Waals surface area contributed by atoms with Crippen molar-refractivity contribution in [2.45, 2.75) is 12.7 Å². The standard InChI is InChI=1S/C13H9F3N2O3S/c14-13(15,16)12(21)18(6-10-5-17-7-22-10)9-3-1-2-8(4-9)11(19)20/h1-5,7H,6H2,(H,19,20). The van der Waals surface area contributed by atoms with Crippen LogP contribution in [-0.4, -0.2) is 28.1 Å². The smallest absolute Gasteiger partial charge is 0.471 e. The number of hydrogen-bond donors (Lipinski definition) is 1. The Kier molecular flexibility index (Phi) is 4.45. The Bertz CT molecular complexity index is 686. The molecule has 1 aromatic heterocycles. The summed E-state index contributed by atoms with van der Waals surface area (Å²) in [5.41, 5.74) is 1.08. The van der Waals surface area contributed by atoms with Crippen molar-refractivity contribution in [1.82, 2.24) is 4.98 Å². The first-order valence-electron chi connectivity index (χ1n) is 5.88. The lowest BCUT2D eigenvalue weighted by atomic mass is 10.2. The van der Waals surface area contributed by atoms with Gasteiger partial charge in [-0.3, -0.25) is 14.7 Å². The Morgan fingerprint density at radius 2 is 2.05 bits per heavy atom. The van der Waals surface area contributed by atoms with Crippen molar-refractivity contribution in [3.8, 4) is 0 Å². The van der Waals surface area contributed by atoms with E-state index in [1.807, 2.05) is 0 Å². The molecule has 0 aliphatic rings. The molecule has 2 rings (SSSR count). The van der Waals surface area contributed by atoms with Crippen LogP contribution >= 0.6 is 11.3 Å². The monoisotopic (exact) mass is 330 g/mol. The molecular weight excluding hydrogens is 321 g/mol. The van der Waals surface area contributed by atoms with E-state index in [9.17, 15) is 22.8 Å². The van der Waals surface area contributed by atoms with Gasteiger partial charge in [0, 0.05) is 16.8 Å². The number of amides is 1. The minimum atomic E-state index is -5.07. The lowest BCUT2D eigenvalue weighted by Crippen LogP contribution is -2.40. The zero-order valence-corrected chi connectivity index (χ0v) is 11.7. The van der Waals surface area contributed by atoms with Gasteiger partial charge in [0.25, 0.3) is 0 Å². The zero-order valence-electron chi connectivity index (χ0n) is 10.9. The summed E-state index contributed by atoms with van der Waals surface area (Å²) in [4.78, 5) is 27.2. The van der Waals surface area contributed by atoms with Gasteiger partial charge in [0.15, 0.2) is 0 Å². The van der Waals surface area contributed by atoms with Crippen LogP contribution in [0.15, 0.2) is 36.0 Å². The maximum Gasteiger partial charge on any atom is 0.471 e. The highest BCUT2D eigenvalue weighted by atomic mass is 32.1. The topological polar surface area (TPSA) is 70.5 Å². The summed E-state index contributed by atoms with van der Waals surface area (Å²) in [5, 5.41) is 8.91. The van der Waals surface area contributed by atoms with Crippen molar-refractivity contribution >= 4 is 28.9 Å². The molecule has 9 heteroatoms. The van der Waals surface area contributed by atoms with Crippen LogP contribution < -0.4 is 4.90 Å². The number of carboxylic acids is 1. The number of aromatic nitrogens is 1. The van der Waals surface area contributed by atoms with E-state index in [4.69, 9.17) is 5.11 Å². The van der Waals surface area contributed by atoms with E-state index in [1.54, 1.807) is 0 Å². The molecular formula is C13H9F3N2O3S. The van der Waals surface area contributed by atoms with Gasteiger partial charge in [0.05, 0.1) is 17.6 Å². The fraction of sp³-hybridized carbons (Fsp3) is 0.154. The van der Waals surface area contributed by atoms with Gasteiger partial charge in [-0.1, -0.05) is 6.07 Å². The molecule has 0 radical (unpaired) electrons. The minimum absolute atomic E-state index is 0.143. The normalized spacial score (nSPS) is 11.2. The second-order valence-corrected chi connectivity index (χ2v) is 5.18. The molecule has 0 aliphatic carbocycles. The SMILES string of the molecule is O=C(O)c1cccc(N(Cc2cncs2)C(=O)C(F)(F)F)c1. The molecule has 116 valence electrons. The molecule has 1 aromatic carbocycles. The maximum atomic E-state index is 12.8. The Labute approximate surface area is 126 Å². The summed E-state index contributed by atoms with van der Waals surface area (Å²) in [7, 11) is 0. The Morgan fingerprint density at radius 3 is 2.59 bits per heavy atom. The van der Waals surface area contributed by atoms with Crippen LogP contribution in [0.5, 0.6) is 0 Å². The number of thiazole rings is 1. The number of hydrogen-bond acceptors (Lipinski definition) is 4. The number of aromatic carboxylic acids is 1. The van der Waals surface area contributed by atoms with Crippen molar-refractivity contribution in [2.75, 3.05) is 4.90 Å². The molecule has 0 spiro atoms. The number of carbonyl (C=O) groups excluding carboxylic acids is 1. The first kappa shape index (κ1) is 16.0. The number of rotatable bonds is 4. The van der Waals surface area contributed by atoms with Crippen LogP contribution in [-0.2, 0) is 11.3 Å². The summed E-state index contributed by atoms with van der Waals surface area (Å²) in [6.45, 7) is -0.341. The number of benzene rings is 1. The number of anilines is 1. The highest BCUT2D eigenvalue weighted by Gasteiger charge is 2.43. The number of halogens is 3. The highest BCUT2D eigenvalue weighted by molar-refractivity contribution is 7.09. The summed E-state index contributed by atoms with van der Waals surface area (Å²) < 4.78 is 38.3. The highest BCUT2D eigenvalue weighted by Crippen LogP contribution is 2.27. The number of carbonyl (C=O) groups is 2. The van der Waals surface area contributed by atoms with E-state index in [0.29, 0.717) is 9.78 Å². The molecule has 1 amide bonds. The molecule has 0 saturated carbocycles. The maximum absolute atomic E-state index is 12.8. The van der Waals surface area contributed by atoms with Gasteiger partial charge in [-0.25, -0.2) is 4.79 Å². The summed E-state index contributed by atoms with van der Waals surface area (Å²) in [5.74, 6) is -3.36. The summed E-state index contributed by atoms with van der Waals surface area (Å²) >= 11 is 1.10. The Balaban J connectivity index is 2.41. The van der Waals surface area contributed by atoms with Gasteiger partial charge < -0.3 is 5.11 Å². The van der Waals surface area contributed by atoms with Gasteiger partial charge in [-0.15, -0.1) is 11.3 Å². The van der Waals surface area contributed by atoms with Crippen LogP contribution in [0.25, 0.3) is 0 Å². The van der Waals surface area contributed by atoms with E-state index in [-0.39, 0.29) is 17.8 Å². The Hall–Kier alpha value is -2.42. The second-order valence-electron chi connectivity index (χ2n) is 4.21. The predicted molar refractivity (Wildman–Crippen MR) is 72.8 cm³/mol. The van der Waals surface area contributed by atoms with Crippen LogP contribution in [0.2, 0.25) is 0 Å². The van der Waals surface area contributed by atoms with E-state index >= 15 is 0 Å². The molecule has 5 nitrogen and oxygen atoms in total. The Morgan fingerprint density at radius 1 is 1.32 bits per heavy atom. The van der Waals surface area contributed by atoms with Crippen LogP contribution in [0.4, 0.5) is 18.9 Å². The van der Waals surface area contributed by atoms with Crippen molar-refractivity contribution in [3.05, 3.63) is 46.4 Å². The minimum Gasteiger partial charge on any atom is -0.478 e. The predicted octanol–water partition coefficient (Wildman–Crippen LogP) is 2.94. The average molecular weight is 330 g/mol. The van der Waals surface area contributed by atoms with Crippen molar-refractivity contribution in [3.63, 3.8) is 0 Å². The third-order valence-corrected chi connectivity index (χ3v) is 3.45. The molecule has 2 aromatic rings. The first-order valence-corrected chi connectivity index (χ1v) is 6.76. The van der Waals surface area contributed by atoms with E-state index in [0.717, 1.165) is 17.4 Å². The molecule has 1 heterocycles. The van der Waals surface area contributed by atoms with Gasteiger partial charge in [-0.05, 0) is 18.2 Å². The third kappa shape index (κ3) is 3.61. The molecule has 0 unspecified atom stereocenters. The molecule has 0 bridgehead atoms. The fourth-order valence-electron chi connectivity index (χ4n) is 1.72. The molecule has 0 fully saturated rings.